The van der Waals surface area contributed by atoms with Crippen molar-refractivity contribution in [1.29, 1.82) is 0 Å². The van der Waals surface area contributed by atoms with E-state index in [1.165, 1.54) is 9.36 Å². The molecule has 5 rings (SSSR count). The van der Waals surface area contributed by atoms with Crippen LogP contribution in [0.3, 0.4) is 0 Å². The molecule has 0 bridgehead atoms. The Morgan fingerprint density at radius 3 is 1.59 bits per heavy atom. The van der Waals surface area contributed by atoms with E-state index < -0.39 is 5.92 Å². The lowest BCUT2D eigenvalue weighted by Crippen LogP contribution is -2.25. The number of benzene rings is 3. The molecule has 2 heterocycles. The Labute approximate surface area is 222 Å². The van der Waals surface area contributed by atoms with E-state index in [0.29, 0.717) is 55.2 Å². The van der Waals surface area contributed by atoms with E-state index in [9.17, 15) is 9.59 Å². The highest BCUT2D eigenvalue weighted by atomic mass is 35.5. The van der Waals surface area contributed by atoms with Gasteiger partial charge in [0.25, 0.3) is 11.1 Å². The van der Waals surface area contributed by atoms with Crippen molar-refractivity contribution in [2.45, 2.75) is 19.8 Å². The van der Waals surface area contributed by atoms with Crippen molar-refractivity contribution in [3.8, 4) is 17.1 Å². The third-order valence-electron chi connectivity index (χ3n) is 6.45. The molecule has 2 N–H and O–H groups in total. The van der Waals surface area contributed by atoms with Crippen molar-refractivity contribution in [2.75, 3.05) is 7.11 Å². The summed E-state index contributed by atoms with van der Waals surface area (Å²) in [6.45, 7) is 3.61. The van der Waals surface area contributed by atoms with E-state index in [4.69, 9.17) is 27.9 Å². The van der Waals surface area contributed by atoms with Crippen LogP contribution < -0.4 is 15.9 Å². The first kappa shape index (κ1) is 24.7. The predicted molar refractivity (Wildman–Crippen MR) is 146 cm³/mol. The van der Waals surface area contributed by atoms with Crippen LogP contribution in [0.25, 0.3) is 11.4 Å². The molecule has 0 aliphatic heterocycles. The summed E-state index contributed by atoms with van der Waals surface area (Å²) in [4.78, 5) is 28.0. The number of methoxy groups -OCH3 is 1. The van der Waals surface area contributed by atoms with Crippen molar-refractivity contribution in [2.24, 2.45) is 0 Å². The van der Waals surface area contributed by atoms with Gasteiger partial charge in [0, 0.05) is 17.0 Å². The minimum Gasteiger partial charge on any atom is -0.496 e. The Kier molecular flexibility index (Phi) is 6.58. The molecule has 37 heavy (non-hydrogen) atoms. The molecule has 0 fully saturated rings. The van der Waals surface area contributed by atoms with Crippen LogP contribution in [0.2, 0.25) is 10.0 Å². The molecule has 9 heteroatoms. The van der Waals surface area contributed by atoms with E-state index in [-0.39, 0.29) is 11.1 Å². The van der Waals surface area contributed by atoms with Gasteiger partial charge in [0.2, 0.25) is 0 Å². The SMILES string of the molecule is COc1ccccc1C(c1c(C)[nH]n(-c2ccccc2Cl)c1=O)c1c(C)[nH]n(-c2ccccc2Cl)c1=O. The molecule has 188 valence electrons. The molecule has 7 nitrogen and oxygen atoms in total. The normalized spacial score (nSPS) is 11.3. The number of rotatable bonds is 6. The number of aromatic nitrogens is 4. The zero-order chi connectivity index (χ0) is 26.3. The van der Waals surface area contributed by atoms with Gasteiger partial charge in [-0.1, -0.05) is 65.7 Å². The van der Waals surface area contributed by atoms with Gasteiger partial charge in [-0.25, -0.2) is 9.36 Å². The fourth-order valence-corrected chi connectivity index (χ4v) is 5.21. The van der Waals surface area contributed by atoms with E-state index in [1.807, 2.05) is 24.3 Å². The van der Waals surface area contributed by atoms with Crippen LogP contribution in [-0.4, -0.2) is 26.7 Å². The molecule has 0 aliphatic rings. The van der Waals surface area contributed by atoms with Gasteiger partial charge in [0.05, 0.1) is 45.6 Å². The lowest BCUT2D eigenvalue weighted by molar-refractivity contribution is 0.409. The van der Waals surface area contributed by atoms with Crippen molar-refractivity contribution in [3.63, 3.8) is 0 Å². The summed E-state index contributed by atoms with van der Waals surface area (Å²) >= 11 is 12.8. The number of hydrogen-bond acceptors (Lipinski definition) is 3. The second-order valence-corrected chi connectivity index (χ2v) is 9.47. The summed E-state index contributed by atoms with van der Waals surface area (Å²) in [5.41, 5.74) is 3.11. The number of nitrogens with zero attached hydrogens (tertiary/aromatic N) is 2. The number of hydrogen-bond donors (Lipinski definition) is 2. The monoisotopic (exact) mass is 534 g/mol. The number of ether oxygens (including phenoxy) is 1. The highest BCUT2D eigenvalue weighted by molar-refractivity contribution is 6.32. The van der Waals surface area contributed by atoms with Gasteiger partial charge in [-0.15, -0.1) is 0 Å². The average molecular weight is 535 g/mol. The first-order chi connectivity index (χ1) is 17.8. The zero-order valence-corrected chi connectivity index (χ0v) is 21.9. The fraction of sp³-hybridized carbons (Fsp3) is 0.143. The van der Waals surface area contributed by atoms with Gasteiger partial charge in [-0.05, 0) is 44.2 Å². The van der Waals surface area contributed by atoms with Crippen molar-refractivity contribution < 1.29 is 4.74 Å². The highest BCUT2D eigenvalue weighted by Gasteiger charge is 2.33. The molecule has 0 saturated carbocycles. The first-order valence-corrected chi connectivity index (χ1v) is 12.3. The predicted octanol–water partition coefficient (Wildman–Crippen LogP) is 5.76. The average Bonchev–Trinajstić information content (AvgIpc) is 3.35. The Morgan fingerprint density at radius 1 is 0.703 bits per heavy atom. The van der Waals surface area contributed by atoms with E-state index >= 15 is 0 Å². The van der Waals surface area contributed by atoms with E-state index in [0.717, 1.165) is 0 Å². The summed E-state index contributed by atoms with van der Waals surface area (Å²) in [7, 11) is 1.56. The molecule has 0 radical (unpaired) electrons. The highest BCUT2D eigenvalue weighted by Crippen LogP contribution is 2.37. The smallest absolute Gasteiger partial charge is 0.275 e. The molecular formula is C28H24Cl2N4O3. The van der Waals surface area contributed by atoms with Crippen molar-refractivity contribution >= 4 is 23.2 Å². The Hall–Kier alpha value is -3.94. The lowest BCUT2D eigenvalue weighted by atomic mass is 9.84. The minimum absolute atomic E-state index is 0.314. The van der Waals surface area contributed by atoms with Crippen LogP contribution in [-0.2, 0) is 0 Å². The van der Waals surface area contributed by atoms with Crippen LogP contribution in [0, 0.1) is 13.8 Å². The Balaban J connectivity index is 1.82. The molecule has 0 saturated heterocycles. The number of para-hydroxylation sites is 3. The number of aryl methyl sites for hydroxylation is 2. The lowest BCUT2D eigenvalue weighted by Gasteiger charge is -2.18. The second-order valence-electron chi connectivity index (χ2n) is 8.66. The van der Waals surface area contributed by atoms with Gasteiger partial charge >= 0.3 is 0 Å². The summed E-state index contributed by atoms with van der Waals surface area (Å²) < 4.78 is 8.48. The maximum atomic E-state index is 14.0. The van der Waals surface area contributed by atoms with Crippen LogP contribution in [0.1, 0.15) is 34.0 Å². The fourth-order valence-electron chi connectivity index (χ4n) is 4.76. The Morgan fingerprint density at radius 2 is 1.14 bits per heavy atom. The first-order valence-electron chi connectivity index (χ1n) is 11.6. The topological polar surface area (TPSA) is 84.8 Å². The second kappa shape index (κ2) is 9.84. The number of aromatic amines is 2. The largest absolute Gasteiger partial charge is 0.496 e. The zero-order valence-electron chi connectivity index (χ0n) is 20.4. The molecular weight excluding hydrogens is 511 g/mol. The van der Waals surface area contributed by atoms with Gasteiger partial charge in [0.15, 0.2) is 0 Å². The van der Waals surface area contributed by atoms with Gasteiger partial charge in [-0.3, -0.25) is 19.8 Å². The van der Waals surface area contributed by atoms with E-state index in [1.54, 1.807) is 69.5 Å². The number of H-pyrrole nitrogens is 2. The summed E-state index contributed by atoms with van der Waals surface area (Å²) in [5, 5.41) is 7.15. The molecule has 0 amide bonds. The molecule has 0 atom stereocenters. The molecule has 2 aromatic heterocycles. The molecule has 3 aromatic carbocycles. The third kappa shape index (κ3) is 4.20. The minimum atomic E-state index is -0.740. The van der Waals surface area contributed by atoms with Gasteiger partial charge < -0.3 is 4.74 Å². The number of halogens is 2. The van der Waals surface area contributed by atoms with Crippen LogP contribution >= 0.6 is 23.2 Å². The molecule has 0 unspecified atom stereocenters. The van der Waals surface area contributed by atoms with E-state index in [2.05, 4.69) is 10.2 Å². The third-order valence-corrected chi connectivity index (χ3v) is 7.09. The summed E-state index contributed by atoms with van der Waals surface area (Å²) in [6.07, 6.45) is 0. The molecule has 0 aliphatic carbocycles. The van der Waals surface area contributed by atoms with Gasteiger partial charge in [-0.2, -0.15) is 0 Å². The Bertz CT molecular complexity index is 1620. The van der Waals surface area contributed by atoms with Crippen LogP contribution in [0.4, 0.5) is 0 Å². The summed E-state index contributed by atoms with van der Waals surface area (Å²) in [5.74, 6) is -0.183. The summed E-state index contributed by atoms with van der Waals surface area (Å²) in [6, 6.07) is 21.5. The van der Waals surface area contributed by atoms with Gasteiger partial charge in [0.1, 0.15) is 5.75 Å². The van der Waals surface area contributed by atoms with Crippen molar-refractivity contribution in [1.82, 2.24) is 19.6 Å². The maximum Gasteiger partial charge on any atom is 0.275 e. The van der Waals surface area contributed by atoms with Crippen LogP contribution in [0.15, 0.2) is 82.4 Å². The quantitative estimate of drug-likeness (QED) is 0.290. The van der Waals surface area contributed by atoms with Crippen LogP contribution in [0.5, 0.6) is 5.75 Å². The van der Waals surface area contributed by atoms with Crippen molar-refractivity contribution in [3.05, 3.63) is 132 Å². The number of nitrogens with one attached hydrogen (secondary N) is 2. The standard InChI is InChI=1S/C28H24Cl2N4O3/c1-16-24(27(35)33(31-16)21-13-7-5-11-19(21)29)26(18-10-4-9-15-23(18)37-3)25-17(2)32-34(28(25)36)22-14-8-6-12-20(22)30/h4-15,26,31-32H,1-3H3. The maximum absolute atomic E-state index is 14.0. The molecule has 5 aromatic rings. The molecule has 0 spiro atoms.